The standard InChI is InChI=1S/C11H9ClIO.C7H8O3S/c1-8-2-7-11(14-8)13-10-5-3-9(12)4-6-10;1-6-2-4-7(5-3-6)11(8,9)10/h2-7H,1H3;2-5H,1H3,(H,8,9,10)/q+1;/p-1. The van der Waals surface area contributed by atoms with Crippen molar-refractivity contribution in [2.24, 2.45) is 0 Å². The predicted octanol–water partition coefficient (Wildman–Crippen LogP) is 1.27. The first-order valence-corrected chi connectivity index (χ1v) is 11.2. The second-order valence-electron chi connectivity index (χ2n) is 5.15. The largest absolute Gasteiger partial charge is 0.744 e. The predicted molar refractivity (Wildman–Crippen MR) is 91.4 cm³/mol. The average Bonchev–Trinajstić information content (AvgIpc) is 2.95. The van der Waals surface area contributed by atoms with Gasteiger partial charge in [0.25, 0.3) is 0 Å². The van der Waals surface area contributed by atoms with Gasteiger partial charge in [0.05, 0.1) is 4.90 Å². The summed E-state index contributed by atoms with van der Waals surface area (Å²) < 4.78 is 39.1. The molecule has 0 saturated heterocycles. The van der Waals surface area contributed by atoms with Crippen LogP contribution in [0.15, 0.2) is 70.0 Å². The Hall–Kier alpha value is -1.35. The zero-order chi connectivity index (χ0) is 18.4. The van der Waals surface area contributed by atoms with Crippen LogP contribution < -0.4 is 21.2 Å². The van der Waals surface area contributed by atoms with Crippen molar-refractivity contribution in [1.82, 2.24) is 0 Å². The van der Waals surface area contributed by atoms with E-state index < -0.39 is 10.1 Å². The van der Waals surface area contributed by atoms with Gasteiger partial charge in [-0.25, -0.2) is 8.42 Å². The number of aryl methyl sites for hydroxylation is 2. The van der Waals surface area contributed by atoms with Crippen molar-refractivity contribution in [1.29, 1.82) is 0 Å². The van der Waals surface area contributed by atoms with Gasteiger partial charge in [0.1, 0.15) is 15.9 Å². The molecule has 0 aliphatic rings. The molecule has 0 saturated carbocycles. The summed E-state index contributed by atoms with van der Waals surface area (Å²) >= 11 is 5.62. The summed E-state index contributed by atoms with van der Waals surface area (Å²) in [6.07, 6.45) is 0. The molecule has 25 heavy (non-hydrogen) atoms. The number of benzene rings is 2. The number of halogens is 2. The molecule has 132 valence electrons. The van der Waals surface area contributed by atoms with E-state index in [1.54, 1.807) is 12.1 Å². The quantitative estimate of drug-likeness (QED) is 0.410. The minimum atomic E-state index is -4.27. The monoisotopic (exact) mass is 490 g/mol. The van der Waals surface area contributed by atoms with Crippen molar-refractivity contribution in [2.45, 2.75) is 18.7 Å². The Labute approximate surface area is 162 Å². The molecule has 0 fully saturated rings. The Morgan fingerprint density at radius 3 is 2.00 bits per heavy atom. The van der Waals surface area contributed by atoms with Gasteiger partial charge in [-0.1, -0.05) is 29.3 Å². The normalized spacial score (nSPS) is 10.9. The highest BCUT2D eigenvalue weighted by Crippen LogP contribution is 2.08. The molecule has 0 aliphatic heterocycles. The molecule has 0 bridgehead atoms. The third-order valence-corrected chi connectivity index (χ3v) is 6.58. The summed E-state index contributed by atoms with van der Waals surface area (Å²) in [4.78, 5) is -0.178. The summed E-state index contributed by atoms with van der Waals surface area (Å²) in [5, 5.41) is 0.786. The molecule has 0 aliphatic carbocycles. The first-order valence-electron chi connectivity index (χ1n) is 7.23. The molecule has 1 heterocycles. The molecule has 0 radical (unpaired) electrons. The maximum atomic E-state index is 10.4. The number of hydrogen-bond donors (Lipinski definition) is 0. The van der Waals surface area contributed by atoms with E-state index in [2.05, 4.69) is 18.2 Å². The lowest BCUT2D eigenvalue weighted by Gasteiger charge is -2.05. The highest BCUT2D eigenvalue weighted by Gasteiger charge is 2.18. The molecular weight excluding hydrogens is 475 g/mol. The average molecular weight is 491 g/mol. The van der Waals surface area contributed by atoms with E-state index in [0.29, 0.717) is 0 Å². The fourth-order valence-corrected chi connectivity index (χ4v) is 4.51. The first kappa shape index (κ1) is 20.0. The summed E-state index contributed by atoms with van der Waals surface area (Å²) in [5.41, 5.74) is 0.928. The van der Waals surface area contributed by atoms with E-state index in [1.165, 1.54) is 15.7 Å². The highest BCUT2D eigenvalue weighted by atomic mass is 127. The first-order chi connectivity index (χ1) is 11.7. The van der Waals surface area contributed by atoms with Crippen molar-refractivity contribution in [3.8, 4) is 0 Å². The second-order valence-corrected chi connectivity index (χ2v) is 9.81. The molecule has 0 atom stereocenters. The Kier molecular flexibility index (Phi) is 7.06. The molecule has 3 rings (SSSR count). The van der Waals surface area contributed by atoms with Gasteiger partial charge in [0.2, 0.25) is 0 Å². The zero-order valence-corrected chi connectivity index (χ0v) is 17.3. The van der Waals surface area contributed by atoms with Crippen molar-refractivity contribution < 1.29 is 38.6 Å². The Morgan fingerprint density at radius 2 is 1.52 bits per heavy atom. The summed E-state index contributed by atoms with van der Waals surface area (Å²) in [6, 6.07) is 17.8. The van der Waals surface area contributed by atoms with E-state index in [-0.39, 0.29) is 26.1 Å². The Balaban J connectivity index is 0.000000186. The van der Waals surface area contributed by atoms with Crippen LogP contribution >= 0.6 is 11.6 Å². The van der Waals surface area contributed by atoms with E-state index in [1.807, 2.05) is 32.0 Å². The summed E-state index contributed by atoms with van der Waals surface area (Å²) in [7, 11) is -4.27. The fourth-order valence-electron chi connectivity index (χ4n) is 1.76. The van der Waals surface area contributed by atoms with Crippen LogP contribution in [0.3, 0.4) is 0 Å². The fraction of sp³-hybridized carbons (Fsp3) is 0.111. The van der Waals surface area contributed by atoms with Gasteiger partial charge in [-0.2, -0.15) is 0 Å². The summed E-state index contributed by atoms with van der Waals surface area (Å²) in [5.74, 6) is 0.980. The van der Waals surface area contributed by atoms with Crippen LogP contribution in [-0.4, -0.2) is 13.0 Å². The van der Waals surface area contributed by atoms with Gasteiger partial charge in [-0.05, 0) is 56.3 Å². The minimum Gasteiger partial charge on any atom is -0.744 e. The third kappa shape index (κ3) is 6.81. The van der Waals surface area contributed by atoms with Crippen LogP contribution in [0.2, 0.25) is 5.02 Å². The van der Waals surface area contributed by atoms with Crippen molar-refractivity contribution in [3.05, 3.63) is 84.3 Å². The lowest BCUT2D eigenvalue weighted by molar-refractivity contribution is -0.617. The van der Waals surface area contributed by atoms with E-state index in [9.17, 15) is 13.0 Å². The Bertz CT molecular complexity index is 916. The zero-order valence-electron chi connectivity index (χ0n) is 13.6. The molecule has 0 unspecified atom stereocenters. The van der Waals surface area contributed by atoms with Crippen molar-refractivity contribution >= 4 is 21.7 Å². The van der Waals surface area contributed by atoms with Crippen LogP contribution in [-0.2, 0) is 10.1 Å². The lowest BCUT2D eigenvalue weighted by Crippen LogP contribution is -3.61. The molecule has 2 aromatic carbocycles. The van der Waals surface area contributed by atoms with E-state index in [4.69, 9.17) is 16.0 Å². The van der Waals surface area contributed by atoms with Gasteiger partial charge in [0, 0.05) is 11.1 Å². The minimum absolute atomic E-state index is 0.178. The third-order valence-electron chi connectivity index (χ3n) is 3.02. The number of hydrogen-bond acceptors (Lipinski definition) is 4. The maximum absolute atomic E-state index is 10.4. The van der Waals surface area contributed by atoms with Crippen molar-refractivity contribution in [3.63, 3.8) is 0 Å². The van der Waals surface area contributed by atoms with Crippen LogP contribution in [0.4, 0.5) is 0 Å². The van der Waals surface area contributed by atoms with Gasteiger partial charge in [-0.15, -0.1) is 0 Å². The SMILES string of the molecule is Cc1ccc(S(=O)(=O)[O-])cc1.Cc1ccc([I+]c2ccc(Cl)cc2)o1. The van der Waals surface area contributed by atoms with Crippen LogP contribution in [0.1, 0.15) is 11.3 Å². The topological polar surface area (TPSA) is 70.3 Å². The summed E-state index contributed by atoms with van der Waals surface area (Å²) in [6.45, 7) is 3.79. The van der Waals surface area contributed by atoms with E-state index in [0.717, 1.165) is 20.1 Å². The number of furan rings is 1. The molecular formula is C18H16ClIO4S. The highest BCUT2D eigenvalue weighted by molar-refractivity contribution is 7.85. The van der Waals surface area contributed by atoms with Crippen LogP contribution in [0.5, 0.6) is 0 Å². The van der Waals surface area contributed by atoms with Crippen molar-refractivity contribution in [2.75, 3.05) is 0 Å². The van der Waals surface area contributed by atoms with Gasteiger partial charge >= 0.3 is 25.0 Å². The lowest BCUT2D eigenvalue weighted by atomic mass is 10.2. The Morgan fingerprint density at radius 1 is 0.920 bits per heavy atom. The smallest absolute Gasteiger partial charge is 0.400 e. The second kappa shape index (κ2) is 8.84. The molecule has 0 N–H and O–H groups in total. The molecule has 0 amide bonds. The van der Waals surface area contributed by atoms with Crippen LogP contribution in [0.25, 0.3) is 0 Å². The van der Waals surface area contributed by atoms with Gasteiger partial charge in [-0.3, -0.25) is 0 Å². The van der Waals surface area contributed by atoms with Gasteiger partial charge in [0.15, 0.2) is 3.57 Å². The maximum Gasteiger partial charge on any atom is 0.400 e. The molecule has 1 aromatic heterocycles. The number of rotatable bonds is 3. The molecule has 7 heteroatoms. The van der Waals surface area contributed by atoms with E-state index >= 15 is 0 Å². The van der Waals surface area contributed by atoms with Crippen LogP contribution in [0, 0.1) is 21.2 Å². The van der Waals surface area contributed by atoms with Gasteiger partial charge < -0.3 is 8.97 Å². The molecule has 3 aromatic rings. The molecule has 0 spiro atoms. The molecule has 4 nitrogen and oxygen atoms in total.